The molecule has 0 bridgehead atoms. The highest BCUT2D eigenvalue weighted by atomic mass is 16.1. The maximum absolute atomic E-state index is 13.5. The summed E-state index contributed by atoms with van der Waals surface area (Å²) < 4.78 is 1.89. The van der Waals surface area contributed by atoms with Gasteiger partial charge in [-0.15, -0.1) is 0 Å². The summed E-state index contributed by atoms with van der Waals surface area (Å²) in [5, 5.41) is 8.50. The number of benzene rings is 2. The van der Waals surface area contributed by atoms with Crippen molar-refractivity contribution < 1.29 is 4.79 Å². The van der Waals surface area contributed by atoms with Crippen molar-refractivity contribution in [3.05, 3.63) is 83.6 Å². The molecule has 0 saturated carbocycles. The number of pyridine rings is 1. The molecular weight excluding hydrogens is 446 g/mol. The molecule has 36 heavy (non-hydrogen) atoms. The van der Waals surface area contributed by atoms with E-state index in [1.54, 1.807) is 6.20 Å². The molecule has 0 spiro atoms. The molecular formula is C30H37N5O. The first-order valence-electron chi connectivity index (χ1n) is 12.9. The number of rotatable bonds is 10. The Hall–Kier alpha value is -3.51. The normalized spacial score (nSPS) is 12.4. The second kappa shape index (κ2) is 11.5. The van der Waals surface area contributed by atoms with E-state index in [2.05, 4.69) is 67.4 Å². The minimum atomic E-state index is -0.126. The molecule has 2 aromatic carbocycles. The lowest BCUT2D eigenvalue weighted by atomic mass is 10.0. The fraction of sp³-hybridized carbons (Fsp3) is 0.367. The van der Waals surface area contributed by atoms with Crippen molar-refractivity contribution in [3.8, 4) is 11.3 Å². The van der Waals surface area contributed by atoms with Crippen LogP contribution in [0.1, 0.15) is 74.1 Å². The SMILES string of the molecule is CCCCN(C)Cc1cccc(-c2cc(C(=O)N[C@@H](C)c3ccccc3)c3cnn(C(C)C)c3n2)c1. The molecule has 0 unspecified atom stereocenters. The second-order valence-electron chi connectivity index (χ2n) is 9.87. The fourth-order valence-corrected chi connectivity index (χ4v) is 4.48. The number of nitrogens with one attached hydrogen (secondary N) is 1. The van der Waals surface area contributed by atoms with Gasteiger partial charge >= 0.3 is 0 Å². The van der Waals surface area contributed by atoms with Crippen LogP contribution in [0.4, 0.5) is 0 Å². The van der Waals surface area contributed by atoms with Gasteiger partial charge in [0.15, 0.2) is 5.65 Å². The molecule has 6 nitrogen and oxygen atoms in total. The zero-order valence-corrected chi connectivity index (χ0v) is 22.0. The van der Waals surface area contributed by atoms with E-state index in [0.29, 0.717) is 5.56 Å². The van der Waals surface area contributed by atoms with Crippen molar-refractivity contribution in [1.82, 2.24) is 25.0 Å². The summed E-state index contributed by atoms with van der Waals surface area (Å²) >= 11 is 0. The van der Waals surface area contributed by atoms with Crippen LogP contribution >= 0.6 is 0 Å². The molecule has 0 aliphatic heterocycles. The van der Waals surface area contributed by atoms with Crippen molar-refractivity contribution in [3.63, 3.8) is 0 Å². The first-order chi connectivity index (χ1) is 17.4. The van der Waals surface area contributed by atoms with E-state index in [9.17, 15) is 4.79 Å². The van der Waals surface area contributed by atoms with E-state index < -0.39 is 0 Å². The van der Waals surface area contributed by atoms with Gasteiger partial charge in [-0.1, -0.05) is 61.9 Å². The maximum Gasteiger partial charge on any atom is 0.252 e. The zero-order valence-electron chi connectivity index (χ0n) is 22.0. The lowest BCUT2D eigenvalue weighted by Gasteiger charge is -2.17. The molecule has 1 atom stereocenters. The van der Waals surface area contributed by atoms with Crippen molar-refractivity contribution in [1.29, 1.82) is 0 Å². The quantitative estimate of drug-likeness (QED) is 0.283. The third-order valence-electron chi connectivity index (χ3n) is 6.52. The Morgan fingerprint density at radius 1 is 1.06 bits per heavy atom. The summed E-state index contributed by atoms with van der Waals surface area (Å²) in [6.45, 7) is 10.3. The van der Waals surface area contributed by atoms with Crippen LogP contribution in [0, 0.1) is 0 Å². The number of hydrogen-bond acceptors (Lipinski definition) is 4. The standard InChI is InChI=1S/C30H37N5O/c1-6-7-16-34(5)20-23-12-11-15-25(17-23)28-18-26(27-19-31-35(21(2)3)29(27)33-28)30(36)32-22(4)24-13-9-8-10-14-24/h8-15,17-19,21-22H,6-7,16,20H2,1-5H3,(H,32,36)/t22-/m0/s1. The fourth-order valence-electron chi connectivity index (χ4n) is 4.48. The number of carbonyl (C=O) groups excluding carboxylic acids is 1. The molecule has 0 radical (unpaired) electrons. The number of fused-ring (bicyclic) bond motifs is 1. The van der Waals surface area contributed by atoms with Crippen LogP contribution in [0.2, 0.25) is 0 Å². The molecule has 1 amide bonds. The summed E-state index contributed by atoms with van der Waals surface area (Å²) in [7, 11) is 2.16. The van der Waals surface area contributed by atoms with Crippen molar-refractivity contribution in [2.75, 3.05) is 13.6 Å². The third kappa shape index (κ3) is 5.82. The maximum atomic E-state index is 13.5. The van der Waals surface area contributed by atoms with Gasteiger partial charge in [-0.25, -0.2) is 9.67 Å². The Balaban J connectivity index is 1.71. The van der Waals surface area contributed by atoms with Gasteiger partial charge in [0.25, 0.3) is 5.91 Å². The Bertz CT molecular complexity index is 1310. The van der Waals surface area contributed by atoms with E-state index in [-0.39, 0.29) is 18.0 Å². The highest BCUT2D eigenvalue weighted by Gasteiger charge is 2.20. The van der Waals surface area contributed by atoms with Gasteiger partial charge in [0.2, 0.25) is 0 Å². The van der Waals surface area contributed by atoms with Crippen LogP contribution in [-0.2, 0) is 6.54 Å². The topological polar surface area (TPSA) is 63.1 Å². The van der Waals surface area contributed by atoms with Gasteiger partial charge in [-0.05, 0) is 64.0 Å². The summed E-state index contributed by atoms with van der Waals surface area (Å²) in [4.78, 5) is 20.9. The molecule has 0 aliphatic carbocycles. The van der Waals surface area contributed by atoms with Crippen LogP contribution in [0.5, 0.6) is 0 Å². The number of nitrogens with zero attached hydrogens (tertiary/aromatic N) is 4. The van der Waals surface area contributed by atoms with Gasteiger partial charge in [0.05, 0.1) is 28.9 Å². The number of hydrogen-bond donors (Lipinski definition) is 1. The first kappa shape index (κ1) is 25.6. The molecule has 0 aliphatic rings. The lowest BCUT2D eigenvalue weighted by Crippen LogP contribution is -2.27. The number of carbonyl (C=O) groups is 1. The van der Waals surface area contributed by atoms with Crippen LogP contribution in [0.25, 0.3) is 22.3 Å². The zero-order chi connectivity index (χ0) is 25.7. The van der Waals surface area contributed by atoms with Gasteiger partial charge in [0, 0.05) is 18.2 Å². The molecule has 4 aromatic rings. The van der Waals surface area contributed by atoms with E-state index in [1.165, 1.54) is 18.4 Å². The molecule has 2 aromatic heterocycles. The van der Waals surface area contributed by atoms with Crippen LogP contribution < -0.4 is 5.32 Å². The molecule has 188 valence electrons. The Labute approximate surface area is 214 Å². The van der Waals surface area contributed by atoms with Gasteiger partial charge in [-0.3, -0.25) is 4.79 Å². The minimum absolute atomic E-state index is 0.118. The molecule has 2 heterocycles. The third-order valence-corrected chi connectivity index (χ3v) is 6.52. The monoisotopic (exact) mass is 483 g/mol. The molecule has 6 heteroatoms. The first-order valence-corrected chi connectivity index (χ1v) is 12.9. The molecule has 0 saturated heterocycles. The summed E-state index contributed by atoms with van der Waals surface area (Å²) in [6.07, 6.45) is 4.13. The van der Waals surface area contributed by atoms with Crippen molar-refractivity contribution >= 4 is 16.9 Å². The van der Waals surface area contributed by atoms with Crippen molar-refractivity contribution in [2.24, 2.45) is 0 Å². The molecule has 1 N–H and O–H groups in total. The average Bonchev–Trinajstić information content (AvgIpc) is 3.32. The van der Waals surface area contributed by atoms with Gasteiger partial charge < -0.3 is 10.2 Å². The van der Waals surface area contributed by atoms with Crippen molar-refractivity contribution in [2.45, 2.75) is 59.2 Å². The Morgan fingerprint density at radius 2 is 1.83 bits per heavy atom. The number of aromatic nitrogens is 3. The summed E-state index contributed by atoms with van der Waals surface area (Å²) in [6, 6.07) is 20.4. The number of unbranched alkanes of at least 4 members (excludes halogenated alkanes) is 1. The van der Waals surface area contributed by atoms with E-state index in [4.69, 9.17) is 4.98 Å². The Morgan fingerprint density at radius 3 is 2.56 bits per heavy atom. The summed E-state index contributed by atoms with van der Waals surface area (Å²) in [5.41, 5.74) is 5.39. The molecule has 4 rings (SSSR count). The van der Waals surface area contributed by atoms with E-state index >= 15 is 0 Å². The van der Waals surface area contributed by atoms with Crippen LogP contribution in [-0.4, -0.2) is 39.2 Å². The van der Waals surface area contributed by atoms with Crippen LogP contribution in [0.3, 0.4) is 0 Å². The van der Waals surface area contributed by atoms with Gasteiger partial charge in [0.1, 0.15) is 0 Å². The van der Waals surface area contributed by atoms with E-state index in [0.717, 1.165) is 40.9 Å². The largest absolute Gasteiger partial charge is 0.345 e. The number of amides is 1. The van der Waals surface area contributed by atoms with Crippen LogP contribution in [0.15, 0.2) is 66.9 Å². The smallest absolute Gasteiger partial charge is 0.252 e. The average molecular weight is 484 g/mol. The molecule has 0 fully saturated rings. The highest BCUT2D eigenvalue weighted by Crippen LogP contribution is 2.28. The predicted molar refractivity (Wildman–Crippen MR) is 147 cm³/mol. The highest BCUT2D eigenvalue weighted by molar-refractivity contribution is 6.06. The minimum Gasteiger partial charge on any atom is -0.345 e. The predicted octanol–water partition coefficient (Wildman–Crippen LogP) is 6.40. The Kier molecular flexibility index (Phi) is 8.16. The second-order valence-corrected chi connectivity index (χ2v) is 9.87. The summed E-state index contributed by atoms with van der Waals surface area (Å²) in [5.74, 6) is -0.126. The lowest BCUT2D eigenvalue weighted by molar-refractivity contribution is 0.0941. The van der Waals surface area contributed by atoms with Gasteiger partial charge in [-0.2, -0.15) is 5.10 Å². The van der Waals surface area contributed by atoms with E-state index in [1.807, 2.05) is 48.0 Å².